The van der Waals surface area contributed by atoms with Crippen LogP contribution in [0.1, 0.15) is 54.2 Å². The number of aromatic nitrogens is 1. The number of carbonyl (C=O) groups excluding carboxylic acids is 1. The zero-order valence-corrected chi connectivity index (χ0v) is 14.7. The minimum absolute atomic E-state index is 0.0156. The number of carbonyl (C=O) groups is 1. The zero-order valence-electron chi connectivity index (χ0n) is 14.7. The average Bonchev–Trinajstić information content (AvgIpc) is 2.86. The van der Waals surface area contributed by atoms with Gasteiger partial charge in [0.05, 0.1) is 18.8 Å². The maximum Gasteiger partial charge on any atom is 0.372 e. The van der Waals surface area contributed by atoms with E-state index in [1.54, 1.807) is 13.8 Å². The Labute approximate surface area is 146 Å². The highest BCUT2D eigenvalue weighted by Gasteiger charge is 2.21. The lowest BCUT2D eigenvalue weighted by molar-refractivity contribution is 0.0523. The van der Waals surface area contributed by atoms with E-state index in [-0.39, 0.29) is 18.0 Å². The summed E-state index contributed by atoms with van der Waals surface area (Å²) in [7, 11) is 0. The van der Waals surface area contributed by atoms with E-state index in [0.29, 0.717) is 12.2 Å². The molecule has 1 aromatic carbocycles. The van der Waals surface area contributed by atoms with E-state index in [9.17, 15) is 14.0 Å². The highest BCUT2D eigenvalue weighted by molar-refractivity contribution is 5.89. The third-order valence-electron chi connectivity index (χ3n) is 4.10. The molecule has 0 saturated carbocycles. The molecule has 1 aromatic heterocycles. The van der Waals surface area contributed by atoms with Crippen molar-refractivity contribution >= 4 is 5.97 Å². The molecule has 1 heterocycles. The van der Waals surface area contributed by atoms with Crippen LogP contribution in [0.25, 0.3) is 0 Å². The van der Waals surface area contributed by atoms with Crippen LogP contribution in [0.15, 0.2) is 33.6 Å². The molecule has 0 N–H and O–H groups in total. The molecule has 25 heavy (non-hydrogen) atoms. The summed E-state index contributed by atoms with van der Waals surface area (Å²) in [5.41, 5.74) is 0.980. The van der Waals surface area contributed by atoms with Crippen molar-refractivity contribution in [2.45, 2.75) is 52.5 Å². The van der Waals surface area contributed by atoms with Crippen molar-refractivity contribution in [2.24, 2.45) is 0 Å². The summed E-state index contributed by atoms with van der Waals surface area (Å²) in [6.07, 6.45) is 4.81. The molecule has 6 heteroatoms. The van der Waals surface area contributed by atoms with Crippen LogP contribution in [0.2, 0.25) is 0 Å². The number of aryl methyl sites for hydroxylation is 2. The molecule has 0 fully saturated rings. The first kappa shape index (κ1) is 19.0. The highest BCUT2D eigenvalue weighted by Crippen LogP contribution is 2.12. The van der Waals surface area contributed by atoms with Gasteiger partial charge < -0.3 is 9.26 Å². The van der Waals surface area contributed by atoms with Gasteiger partial charge in [0.25, 0.3) is 0 Å². The van der Waals surface area contributed by atoms with Gasteiger partial charge in [-0.05, 0) is 50.8 Å². The van der Waals surface area contributed by atoms with Crippen molar-refractivity contribution in [3.8, 4) is 0 Å². The van der Waals surface area contributed by atoms with Gasteiger partial charge in [-0.25, -0.2) is 18.7 Å². The second kappa shape index (κ2) is 9.20. The van der Waals surface area contributed by atoms with Crippen LogP contribution >= 0.6 is 0 Å². The minimum atomic E-state index is -0.646. The summed E-state index contributed by atoms with van der Waals surface area (Å²) in [5, 5.41) is 0. The van der Waals surface area contributed by atoms with Gasteiger partial charge in [-0.1, -0.05) is 25.0 Å². The van der Waals surface area contributed by atoms with Gasteiger partial charge in [-0.2, -0.15) is 0 Å². The van der Waals surface area contributed by atoms with E-state index >= 15 is 0 Å². The van der Waals surface area contributed by atoms with Crippen LogP contribution in [-0.4, -0.2) is 17.3 Å². The van der Waals surface area contributed by atoms with Crippen LogP contribution < -0.4 is 5.63 Å². The summed E-state index contributed by atoms with van der Waals surface area (Å²) in [5.74, 6) is -0.846. The molecular weight excluding hydrogens is 325 g/mol. The number of nitrogens with zero attached hydrogens (tertiary/aromatic N) is 1. The molecular formula is C19H24FNO4. The summed E-state index contributed by atoms with van der Waals surface area (Å²) >= 11 is 0. The number of ether oxygens (including phenoxy) is 1. The Kier molecular flexibility index (Phi) is 6.98. The predicted molar refractivity (Wildman–Crippen MR) is 92.2 cm³/mol. The first-order chi connectivity index (χ1) is 12.0. The van der Waals surface area contributed by atoms with Crippen LogP contribution in [0.3, 0.4) is 0 Å². The fourth-order valence-corrected chi connectivity index (χ4v) is 2.72. The Hall–Kier alpha value is -2.37. The Bertz CT molecular complexity index is 746. The maximum absolute atomic E-state index is 12.8. The van der Waals surface area contributed by atoms with E-state index in [1.807, 2.05) is 12.1 Å². The molecule has 0 unspecified atom stereocenters. The number of rotatable bonds is 9. The fraction of sp³-hybridized carbons (Fsp3) is 0.474. The van der Waals surface area contributed by atoms with Crippen molar-refractivity contribution in [3.63, 3.8) is 0 Å². The van der Waals surface area contributed by atoms with Crippen LogP contribution in [-0.2, 0) is 17.7 Å². The third-order valence-corrected chi connectivity index (χ3v) is 4.10. The highest BCUT2D eigenvalue weighted by atomic mass is 19.1. The van der Waals surface area contributed by atoms with Gasteiger partial charge in [-0.3, -0.25) is 0 Å². The first-order valence-corrected chi connectivity index (χ1v) is 8.65. The number of benzene rings is 1. The lowest BCUT2D eigenvalue weighted by Crippen LogP contribution is -2.14. The van der Waals surface area contributed by atoms with Crippen molar-refractivity contribution < 1.29 is 18.4 Å². The van der Waals surface area contributed by atoms with E-state index in [2.05, 4.69) is 0 Å². The molecule has 0 aliphatic carbocycles. The second-order valence-corrected chi connectivity index (χ2v) is 5.95. The molecule has 0 spiro atoms. The predicted octanol–water partition coefficient (Wildman–Crippen LogP) is 3.87. The average molecular weight is 349 g/mol. The number of hydrogen-bond acceptors (Lipinski definition) is 4. The van der Waals surface area contributed by atoms with Crippen LogP contribution in [0.4, 0.5) is 4.39 Å². The Balaban J connectivity index is 1.75. The number of unbranched alkanes of at least 4 members (excludes halogenated alkanes) is 3. The normalized spacial score (nSPS) is 10.8. The number of esters is 1. The van der Waals surface area contributed by atoms with Crippen molar-refractivity contribution in [1.82, 2.24) is 4.74 Å². The zero-order chi connectivity index (χ0) is 18.2. The monoisotopic (exact) mass is 349 g/mol. The van der Waals surface area contributed by atoms with Gasteiger partial charge in [0.2, 0.25) is 0 Å². The van der Waals surface area contributed by atoms with Crippen molar-refractivity contribution in [2.75, 3.05) is 6.61 Å². The van der Waals surface area contributed by atoms with E-state index in [4.69, 9.17) is 9.26 Å². The summed E-state index contributed by atoms with van der Waals surface area (Å²) in [6.45, 7) is 4.15. The topological polar surface area (TPSA) is 61.4 Å². The van der Waals surface area contributed by atoms with Gasteiger partial charge in [0.15, 0.2) is 5.56 Å². The SMILES string of the molecule is CCOC(=O)c1c(C)n(CCCCCCc2ccc(F)cc2)oc1=O. The molecule has 2 aromatic rings. The Morgan fingerprint density at radius 1 is 1.16 bits per heavy atom. The van der Waals surface area contributed by atoms with Gasteiger partial charge >= 0.3 is 11.6 Å². The fourth-order valence-electron chi connectivity index (χ4n) is 2.72. The van der Waals surface area contributed by atoms with Gasteiger partial charge in [0, 0.05) is 0 Å². The standard InChI is InChI=1S/C19H24FNO4/c1-3-24-18(22)17-14(2)21(25-19(17)23)13-7-5-4-6-8-15-9-11-16(20)12-10-15/h9-12H,3-8,13H2,1-2H3. The summed E-state index contributed by atoms with van der Waals surface area (Å²) < 4.78 is 24.3. The molecule has 0 aliphatic heterocycles. The molecule has 0 aliphatic rings. The van der Waals surface area contributed by atoms with Crippen molar-refractivity contribution in [3.05, 3.63) is 57.3 Å². The van der Waals surface area contributed by atoms with Crippen LogP contribution in [0.5, 0.6) is 0 Å². The molecule has 0 radical (unpaired) electrons. The molecule has 0 bridgehead atoms. The van der Waals surface area contributed by atoms with Crippen LogP contribution in [0, 0.1) is 12.7 Å². The largest absolute Gasteiger partial charge is 0.462 e. The molecule has 136 valence electrons. The third kappa shape index (κ3) is 5.31. The van der Waals surface area contributed by atoms with Crippen molar-refractivity contribution in [1.29, 1.82) is 0 Å². The van der Waals surface area contributed by atoms with E-state index < -0.39 is 11.6 Å². The number of hydrogen-bond donors (Lipinski definition) is 0. The molecule has 0 saturated heterocycles. The smallest absolute Gasteiger partial charge is 0.372 e. The molecule has 2 rings (SSSR count). The summed E-state index contributed by atoms with van der Waals surface area (Å²) in [6, 6.07) is 6.58. The molecule has 0 atom stereocenters. The summed E-state index contributed by atoms with van der Waals surface area (Å²) in [4.78, 5) is 23.5. The number of halogens is 1. The molecule has 0 amide bonds. The Morgan fingerprint density at radius 3 is 2.52 bits per heavy atom. The first-order valence-electron chi connectivity index (χ1n) is 8.65. The lowest BCUT2D eigenvalue weighted by atomic mass is 10.1. The maximum atomic E-state index is 12.8. The molecule has 5 nitrogen and oxygen atoms in total. The Morgan fingerprint density at radius 2 is 1.84 bits per heavy atom. The quantitative estimate of drug-likeness (QED) is 0.509. The van der Waals surface area contributed by atoms with E-state index in [0.717, 1.165) is 37.7 Å². The van der Waals surface area contributed by atoms with Gasteiger partial charge in [0.1, 0.15) is 5.82 Å². The second-order valence-electron chi connectivity index (χ2n) is 5.95. The lowest BCUT2D eigenvalue weighted by Gasteiger charge is -2.05. The van der Waals surface area contributed by atoms with E-state index in [1.165, 1.54) is 16.9 Å². The minimum Gasteiger partial charge on any atom is -0.462 e. The van der Waals surface area contributed by atoms with Gasteiger partial charge in [-0.15, -0.1) is 0 Å².